The highest BCUT2D eigenvalue weighted by molar-refractivity contribution is 7.89. The summed E-state index contributed by atoms with van der Waals surface area (Å²) in [5.74, 6) is 2.12. The van der Waals surface area contributed by atoms with Crippen molar-refractivity contribution in [3.8, 4) is 5.75 Å². The summed E-state index contributed by atoms with van der Waals surface area (Å²) in [5, 5.41) is 4.36. The number of methoxy groups -OCH3 is 1. The Morgan fingerprint density at radius 3 is 2.20 bits per heavy atom. The third-order valence-electron chi connectivity index (χ3n) is 7.53. The average Bonchev–Trinajstić information content (AvgIpc) is 2.96. The van der Waals surface area contributed by atoms with E-state index in [2.05, 4.69) is 37.9 Å². The number of fused-ring (bicyclic) bond motifs is 1. The molecule has 9 heteroatoms. The first kappa shape index (κ1) is 28.0. The number of aromatic nitrogens is 2. The monoisotopic (exact) mass is 559 g/mol. The number of nitrogens with one attached hydrogen (secondary N) is 1. The van der Waals surface area contributed by atoms with E-state index in [0.29, 0.717) is 42.7 Å². The summed E-state index contributed by atoms with van der Waals surface area (Å²) in [4.78, 5) is 12.4. The summed E-state index contributed by atoms with van der Waals surface area (Å²) in [6.07, 6.45) is 0. The lowest BCUT2D eigenvalue weighted by Gasteiger charge is -2.37. The SMILES string of the molecule is COc1ccccc1Nc1nc(C(C)N2CCN(S(=O)(=O)c3ccc(C(C)(C)C)cc3)CC2)nc2ccccc12. The first-order chi connectivity index (χ1) is 19.1. The third kappa shape index (κ3) is 5.68. The second-order valence-corrected chi connectivity index (χ2v) is 13.1. The minimum atomic E-state index is -3.56. The molecular formula is C31H37N5O3S. The highest BCUT2D eigenvalue weighted by atomic mass is 32.2. The van der Waals surface area contributed by atoms with Crippen LogP contribution in [-0.4, -0.2) is 60.9 Å². The van der Waals surface area contributed by atoms with Crippen LogP contribution in [0.15, 0.2) is 77.7 Å². The number of hydrogen-bond donors (Lipinski definition) is 1. The molecule has 1 atom stereocenters. The van der Waals surface area contributed by atoms with Gasteiger partial charge in [0.25, 0.3) is 0 Å². The van der Waals surface area contributed by atoms with E-state index in [1.165, 1.54) is 0 Å². The zero-order chi connectivity index (χ0) is 28.5. The highest BCUT2D eigenvalue weighted by Gasteiger charge is 2.31. The summed E-state index contributed by atoms with van der Waals surface area (Å²) in [6, 6.07) is 22.8. The van der Waals surface area contributed by atoms with Gasteiger partial charge in [-0.05, 0) is 54.3 Å². The molecule has 4 aromatic rings. The maximum absolute atomic E-state index is 13.4. The van der Waals surface area contributed by atoms with E-state index in [4.69, 9.17) is 14.7 Å². The van der Waals surface area contributed by atoms with Crippen molar-refractivity contribution in [1.29, 1.82) is 0 Å². The fourth-order valence-corrected chi connectivity index (χ4v) is 6.44. The summed E-state index contributed by atoms with van der Waals surface area (Å²) in [6.45, 7) is 10.4. The summed E-state index contributed by atoms with van der Waals surface area (Å²) in [7, 11) is -1.92. The molecule has 5 rings (SSSR count). The number of anilines is 2. The third-order valence-corrected chi connectivity index (χ3v) is 9.45. The minimum Gasteiger partial charge on any atom is -0.495 e. The molecule has 0 spiro atoms. The predicted octanol–water partition coefficient (Wildman–Crippen LogP) is 5.75. The molecule has 40 heavy (non-hydrogen) atoms. The molecule has 1 aromatic heterocycles. The van der Waals surface area contributed by atoms with E-state index in [1.54, 1.807) is 23.5 Å². The maximum atomic E-state index is 13.4. The van der Waals surface area contributed by atoms with Crippen LogP contribution in [-0.2, 0) is 15.4 Å². The van der Waals surface area contributed by atoms with Gasteiger partial charge in [-0.2, -0.15) is 4.31 Å². The molecule has 0 bridgehead atoms. The predicted molar refractivity (Wildman–Crippen MR) is 160 cm³/mol. The topological polar surface area (TPSA) is 87.7 Å². The maximum Gasteiger partial charge on any atom is 0.243 e. The van der Waals surface area contributed by atoms with E-state index in [0.717, 1.165) is 27.9 Å². The van der Waals surface area contributed by atoms with Gasteiger partial charge in [-0.25, -0.2) is 18.4 Å². The highest BCUT2D eigenvalue weighted by Crippen LogP contribution is 2.32. The Bertz CT molecular complexity index is 1590. The van der Waals surface area contributed by atoms with Crippen LogP contribution in [0.1, 0.15) is 45.1 Å². The molecule has 2 heterocycles. The zero-order valence-electron chi connectivity index (χ0n) is 23.8. The molecule has 1 saturated heterocycles. The Morgan fingerprint density at radius 2 is 1.52 bits per heavy atom. The van der Waals surface area contributed by atoms with Gasteiger partial charge in [0.15, 0.2) is 0 Å². The van der Waals surface area contributed by atoms with Gasteiger partial charge < -0.3 is 10.1 Å². The second-order valence-electron chi connectivity index (χ2n) is 11.2. The van der Waals surface area contributed by atoms with Crippen LogP contribution in [0.3, 0.4) is 0 Å². The van der Waals surface area contributed by atoms with Crippen LogP contribution in [0.2, 0.25) is 0 Å². The van der Waals surface area contributed by atoms with Gasteiger partial charge in [-0.3, -0.25) is 4.90 Å². The standard InChI is InChI=1S/C31H37N5O3S/c1-22(35-18-20-36(21-19-35)40(37,38)24-16-14-23(15-17-24)31(2,3)4)29-32-26-11-7-6-10-25(26)30(34-29)33-27-12-8-9-13-28(27)39-5/h6-17,22H,18-21H2,1-5H3,(H,32,33,34). The number of ether oxygens (including phenoxy) is 1. The molecule has 210 valence electrons. The Balaban J connectivity index is 1.34. The summed E-state index contributed by atoms with van der Waals surface area (Å²) >= 11 is 0. The Morgan fingerprint density at radius 1 is 0.875 bits per heavy atom. The van der Waals surface area contributed by atoms with Crippen molar-refractivity contribution in [2.45, 2.75) is 44.0 Å². The summed E-state index contributed by atoms with van der Waals surface area (Å²) < 4.78 is 33.9. The van der Waals surface area contributed by atoms with Crippen molar-refractivity contribution >= 4 is 32.4 Å². The average molecular weight is 560 g/mol. The molecule has 3 aromatic carbocycles. The van der Waals surface area contributed by atoms with Crippen LogP contribution in [0.5, 0.6) is 5.75 Å². The fraction of sp³-hybridized carbons (Fsp3) is 0.355. The van der Waals surface area contributed by atoms with Crippen LogP contribution < -0.4 is 10.1 Å². The number of hydrogen-bond acceptors (Lipinski definition) is 7. The van der Waals surface area contributed by atoms with E-state index in [1.807, 2.05) is 60.7 Å². The van der Waals surface area contributed by atoms with Gasteiger partial charge in [0.05, 0.1) is 29.3 Å². The molecule has 1 unspecified atom stereocenters. The van der Waals surface area contributed by atoms with E-state index >= 15 is 0 Å². The molecule has 8 nitrogen and oxygen atoms in total. The van der Waals surface area contributed by atoms with Crippen molar-refractivity contribution in [2.75, 3.05) is 38.6 Å². The minimum absolute atomic E-state index is 0.0303. The van der Waals surface area contributed by atoms with Crippen LogP contribution in [0.4, 0.5) is 11.5 Å². The fourth-order valence-electron chi connectivity index (χ4n) is 5.02. The zero-order valence-corrected chi connectivity index (χ0v) is 24.6. The normalized spacial score (nSPS) is 16.1. The van der Waals surface area contributed by atoms with Gasteiger partial charge in [0.2, 0.25) is 10.0 Å². The van der Waals surface area contributed by atoms with Gasteiger partial charge in [0, 0.05) is 31.6 Å². The smallest absolute Gasteiger partial charge is 0.243 e. The quantitative estimate of drug-likeness (QED) is 0.309. The largest absolute Gasteiger partial charge is 0.495 e. The Hall–Kier alpha value is -3.53. The second kappa shape index (κ2) is 11.2. The number of benzene rings is 3. The van der Waals surface area contributed by atoms with Crippen molar-refractivity contribution in [3.05, 3.63) is 84.2 Å². The van der Waals surface area contributed by atoms with Crippen LogP contribution in [0.25, 0.3) is 10.9 Å². The molecule has 1 aliphatic heterocycles. The molecule has 0 saturated carbocycles. The lowest BCUT2D eigenvalue weighted by molar-refractivity contribution is 0.141. The lowest BCUT2D eigenvalue weighted by Crippen LogP contribution is -2.49. The number of piperazine rings is 1. The van der Waals surface area contributed by atoms with E-state index < -0.39 is 10.0 Å². The van der Waals surface area contributed by atoms with Gasteiger partial charge in [-0.1, -0.05) is 57.2 Å². The molecule has 1 aliphatic rings. The van der Waals surface area contributed by atoms with Crippen molar-refractivity contribution in [2.24, 2.45) is 0 Å². The summed E-state index contributed by atoms with van der Waals surface area (Å²) in [5.41, 5.74) is 2.75. The van der Waals surface area contributed by atoms with Gasteiger partial charge in [-0.15, -0.1) is 0 Å². The molecule has 1 fully saturated rings. The van der Waals surface area contributed by atoms with Crippen molar-refractivity contribution < 1.29 is 13.2 Å². The number of rotatable bonds is 7. The van der Waals surface area contributed by atoms with Gasteiger partial charge in [0.1, 0.15) is 17.4 Å². The molecule has 0 radical (unpaired) electrons. The van der Waals surface area contributed by atoms with Crippen LogP contribution in [0, 0.1) is 0 Å². The Labute approximate surface area is 237 Å². The van der Waals surface area contributed by atoms with Crippen molar-refractivity contribution in [3.63, 3.8) is 0 Å². The number of sulfonamides is 1. The molecule has 0 aliphatic carbocycles. The Kier molecular flexibility index (Phi) is 7.81. The lowest BCUT2D eigenvalue weighted by atomic mass is 9.87. The van der Waals surface area contributed by atoms with Crippen LogP contribution >= 0.6 is 0 Å². The number of nitrogens with zero attached hydrogens (tertiary/aromatic N) is 4. The first-order valence-electron chi connectivity index (χ1n) is 13.6. The van der Waals surface area contributed by atoms with E-state index in [-0.39, 0.29) is 11.5 Å². The first-order valence-corrected chi connectivity index (χ1v) is 15.0. The molecule has 0 amide bonds. The van der Waals surface area contributed by atoms with Gasteiger partial charge >= 0.3 is 0 Å². The number of para-hydroxylation sites is 3. The van der Waals surface area contributed by atoms with E-state index in [9.17, 15) is 8.42 Å². The molecule has 1 N–H and O–H groups in total. The van der Waals surface area contributed by atoms with Crippen molar-refractivity contribution in [1.82, 2.24) is 19.2 Å². The molecular weight excluding hydrogens is 522 g/mol.